The predicted molar refractivity (Wildman–Crippen MR) is 517 cm³/mol. The predicted octanol–water partition coefficient (Wildman–Crippen LogP) is 32.3. The van der Waals surface area contributed by atoms with Crippen LogP contribution < -0.4 is 14.2 Å². The highest BCUT2D eigenvalue weighted by Gasteiger charge is 2.59. The van der Waals surface area contributed by atoms with Crippen LogP contribution in [0.15, 0.2) is 133 Å². The normalized spacial score (nSPS) is 23.3. The van der Waals surface area contributed by atoms with Gasteiger partial charge >= 0.3 is 30.5 Å². The summed E-state index contributed by atoms with van der Waals surface area (Å²) in [5, 5.41) is 5.32. The lowest BCUT2D eigenvalue weighted by molar-refractivity contribution is -0.321. The van der Waals surface area contributed by atoms with Crippen LogP contribution in [0.25, 0.3) is 21.5 Å². The van der Waals surface area contributed by atoms with Crippen LogP contribution in [0.4, 0.5) is 39.5 Å². The van der Waals surface area contributed by atoms with Crippen LogP contribution in [-0.2, 0) is 59.6 Å². The Morgan fingerprint density at radius 2 is 0.858 bits per heavy atom. The summed E-state index contributed by atoms with van der Waals surface area (Å²) in [6.45, 7) is 44.1. The number of alkyl halides is 9. The maximum absolute atomic E-state index is 14.0. The number of hydrogen-bond donors (Lipinski definition) is 0. The fraction of sp³-hybridized carbons (Fsp3) is 0.646. The Labute approximate surface area is 794 Å². The Hall–Kier alpha value is -7.27. The molecule has 0 heterocycles. The van der Waals surface area contributed by atoms with Crippen molar-refractivity contribution >= 4 is 33.5 Å². The van der Waals surface area contributed by atoms with Gasteiger partial charge in [-0.1, -0.05) is 256 Å². The summed E-state index contributed by atoms with van der Waals surface area (Å²) in [4.78, 5) is 24.0. The molecule has 21 heteroatoms. The van der Waals surface area contributed by atoms with E-state index >= 15 is 0 Å². The lowest BCUT2D eigenvalue weighted by Gasteiger charge is -2.38. The van der Waals surface area contributed by atoms with Crippen LogP contribution in [0.2, 0.25) is 0 Å². The van der Waals surface area contributed by atoms with E-state index in [9.17, 15) is 49.1 Å². The minimum atomic E-state index is -4.67. The lowest BCUT2D eigenvalue weighted by atomic mass is 9.80. The van der Waals surface area contributed by atoms with Crippen molar-refractivity contribution < 1.29 is 96.5 Å². The van der Waals surface area contributed by atoms with E-state index in [1.165, 1.54) is 189 Å². The van der Waals surface area contributed by atoms with Crippen molar-refractivity contribution in [3.05, 3.63) is 184 Å². The van der Waals surface area contributed by atoms with Crippen molar-refractivity contribution in [1.29, 1.82) is 0 Å². The van der Waals surface area contributed by atoms with Crippen LogP contribution >= 0.6 is 0 Å². The molecule has 744 valence electrons. The fourth-order valence-electron chi connectivity index (χ4n) is 20.8. The molecule has 0 amide bonds. The Bertz CT molecular complexity index is 4850. The summed E-state index contributed by atoms with van der Waals surface area (Å²) in [5.74, 6) is 9.19. The van der Waals surface area contributed by atoms with E-state index in [1.807, 2.05) is 27.7 Å². The number of esters is 2. The summed E-state index contributed by atoms with van der Waals surface area (Å²) >= 11 is 0. The summed E-state index contributed by atoms with van der Waals surface area (Å²) < 4.78 is 181. The zero-order chi connectivity index (χ0) is 98.6. The van der Waals surface area contributed by atoms with Gasteiger partial charge in [0.05, 0.1) is 23.7 Å². The van der Waals surface area contributed by atoms with Gasteiger partial charge in [0.1, 0.15) is 29.5 Å². The molecule has 0 N–H and O–H groups in total. The number of halogens is 9. The third kappa shape index (κ3) is 26.8. The largest absolute Gasteiger partial charge is 0.465 e. The first-order valence-corrected chi connectivity index (χ1v) is 50.1. The summed E-state index contributed by atoms with van der Waals surface area (Å²) in [6, 6.07) is 40.3. The number of ether oxygens (including phenoxy) is 10. The quantitative estimate of drug-likeness (QED) is 0.0178. The van der Waals surface area contributed by atoms with Crippen LogP contribution in [-0.4, -0.2) is 86.5 Å². The second-order valence-electron chi connectivity index (χ2n) is 43.0. The van der Waals surface area contributed by atoms with Gasteiger partial charge in [-0.25, -0.2) is 4.79 Å². The molecule has 0 radical (unpaired) electrons. The van der Waals surface area contributed by atoms with Crippen LogP contribution in [0.1, 0.15) is 380 Å². The topological polar surface area (TPSA) is 126 Å². The van der Waals surface area contributed by atoms with E-state index in [2.05, 4.69) is 116 Å². The zero-order valence-electron chi connectivity index (χ0n) is 84.6. The number of carbonyl (C=O) groups is 2. The molecule has 7 aromatic rings. The van der Waals surface area contributed by atoms with Crippen LogP contribution in [0.3, 0.4) is 0 Å². The average Bonchev–Trinajstić information content (AvgIpc) is 1.32. The Morgan fingerprint density at radius 3 is 1.29 bits per heavy atom. The third-order valence-electron chi connectivity index (χ3n) is 30.3. The van der Waals surface area contributed by atoms with Crippen molar-refractivity contribution in [2.45, 2.75) is 402 Å². The van der Waals surface area contributed by atoms with E-state index in [0.29, 0.717) is 60.6 Å². The van der Waals surface area contributed by atoms with Gasteiger partial charge in [0.2, 0.25) is 6.29 Å². The fourth-order valence-corrected chi connectivity index (χ4v) is 20.8. The van der Waals surface area contributed by atoms with Crippen molar-refractivity contribution in [2.24, 2.45) is 46.8 Å². The summed E-state index contributed by atoms with van der Waals surface area (Å²) in [7, 11) is 0. The van der Waals surface area contributed by atoms with Crippen molar-refractivity contribution in [2.75, 3.05) is 19.8 Å². The molecule has 17 unspecified atom stereocenters. The smallest absolute Gasteiger partial charge is 0.421 e. The molecule has 2 bridgehead atoms. The molecule has 0 saturated heterocycles. The molecule has 14 rings (SSSR count). The number of rotatable bonds is 31. The van der Waals surface area contributed by atoms with Gasteiger partial charge in [0, 0.05) is 23.3 Å². The highest BCUT2D eigenvalue weighted by Crippen LogP contribution is 2.61. The number of hydrogen-bond acceptors (Lipinski definition) is 12. The number of carbonyl (C=O) groups excluding carboxylic acids is 2. The lowest BCUT2D eigenvalue weighted by Crippen LogP contribution is -2.46. The first-order chi connectivity index (χ1) is 62.8. The molecule has 0 aromatic heterocycles. The molecule has 0 aliphatic heterocycles. The Morgan fingerprint density at radius 1 is 0.433 bits per heavy atom. The summed E-state index contributed by atoms with van der Waals surface area (Å²) in [5.41, 5.74) is -1.91. The molecule has 5 fully saturated rings. The maximum atomic E-state index is 14.0. The standard InChI is InChI=1S/C28H36O2.C25H37F3O4.C24H32O2.C19H27F3O3.C17H25F3O/c1-15(2)28(30-26-14-18-13-24(26)22-9-6-8-21(18)22)29-25-12-11-20-17(4)16(3)19-7-5-10-23(25)27(19)20;1-6-23(3,4)22(29)31-21-14-12-20(13-15-21)24(5,25(26,27)28)32-18(2)30-17-16-19-10-8-7-9-11-19;1-16-17(2)21-12-13-23(22-11-7-10-20(16)24(21)22)26-18(3)25-15-14-19-8-5-4-6-9-19;1-7-13(2)14-8-10-15(11-9-14)18(6,19(20,21)22)24-12-16(23)25-17(3,4)5;1-7-12(2)13-8-10-14(11-9-13)16(6,17(18,19)20)21-15(3,4)5/h5,7,10-12,15-18,21-22,24,26,28H,6,8-9,13-14H2,1-4H3;12-15,18-19H,6-11,16-17H2,1-5H3;7,10-13,16-19H,4-6,8-9,14-15H2,1-3H3;8-11,13H,7,12H2,1-6H3;8-12H,7H2,1-6H3. The number of fused-ring (bicyclic) bond motifs is 5. The molecule has 12 nitrogen and oxygen atoms in total. The van der Waals surface area contributed by atoms with Crippen molar-refractivity contribution in [3.63, 3.8) is 0 Å². The van der Waals surface area contributed by atoms with Gasteiger partial charge in [-0.15, -0.1) is 0 Å². The van der Waals surface area contributed by atoms with E-state index in [0.717, 1.165) is 112 Å². The zero-order valence-corrected chi connectivity index (χ0v) is 84.6. The minimum absolute atomic E-state index is 0.0457. The van der Waals surface area contributed by atoms with E-state index < -0.39 is 76.8 Å². The van der Waals surface area contributed by atoms with Crippen LogP contribution in [0.5, 0.6) is 17.2 Å². The summed E-state index contributed by atoms with van der Waals surface area (Å²) in [6.07, 6.45) is 9.64. The SMILES string of the molecule is CC(C)C(Oc1ccc2c3c(cccc13)C(C)C2C)OC1CC2CC1C1CCCC21.CC(OCCC1CCCCC1)Oc1ccc2c3c(cccc13)C(C)C2C.CCC(C)(C)C(=O)Oc1ccc(C(C)(OC(C)OCCC2CCCCC2)C(F)(F)F)cc1.CCC(C)c1ccc(C(C)(OC(C)(C)C)C(F)(F)F)cc1.CCC(C)c1ccc(C(C)(OCC(=O)OC(C)(C)C)C(F)(F)F)cc1. The van der Waals surface area contributed by atoms with Gasteiger partial charge in [0.15, 0.2) is 29.4 Å². The molecule has 5 saturated carbocycles. The first-order valence-electron chi connectivity index (χ1n) is 50.1. The Balaban J connectivity index is 0.000000175. The average molecular weight is 1880 g/mol. The molecule has 0 spiro atoms. The molecule has 7 aliphatic carbocycles. The molecular formula is C113H157F9O12. The minimum Gasteiger partial charge on any atom is -0.465 e. The maximum Gasteiger partial charge on any atom is 0.421 e. The van der Waals surface area contributed by atoms with E-state index in [4.69, 9.17) is 47.4 Å². The first kappa shape index (κ1) is 109. The van der Waals surface area contributed by atoms with Crippen LogP contribution in [0, 0.1) is 46.8 Å². The second kappa shape index (κ2) is 45.8. The molecular weight excluding hydrogens is 1720 g/mol. The third-order valence-corrected chi connectivity index (χ3v) is 30.3. The van der Waals surface area contributed by atoms with E-state index in [1.54, 1.807) is 79.7 Å². The highest BCUT2D eigenvalue weighted by atomic mass is 19.4. The van der Waals surface area contributed by atoms with Crippen molar-refractivity contribution in [3.8, 4) is 17.2 Å². The van der Waals surface area contributed by atoms with Gasteiger partial charge in [-0.2, -0.15) is 39.5 Å². The molecule has 7 aromatic carbocycles. The second-order valence-corrected chi connectivity index (χ2v) is 43.0. The van der Waals surface area contributed by atoms with Gasteiger partial charge in [-0.05, 0) is 304 Å². The molecule has 134 heavy (non-hydrogen) atoms. The molecule has 17 atom stereocenters. The van der Waals surface area contributed by atoms with Gasteiger partial charge < -0.3 is 47.4 Å². The Kier molecular flexibility index (Phi) is 37.1. The van der Waals surface area contributed by atoms with Gasteiger partial charge in [0.25, 0.3) is 0 Å². The van der Waals surface area contributed by atoms with E-state index in [-0.39, 0.29) is 40.9 Å². The monoisotopic (exact) mass is 1880 g/mol. The molecule has 7 aliphatic rings. The van der Waals surface area contributed by atoms with Crippen molar-refractivity contribution in [1.82, 2.24) is 0 Å². The number of benzene rings is 7. The highest BCUT2D eigenvalue weighted by molar-refractivity contribution is 5.97. The van der Waals surface area contributed by atoms with Gasteiger partial charge in [-0.3, -0.25) is 4.79 Å².